The van der Waals surface area contributed by atoms with E-state index in [0.29, 0.717) is 30.6 Å². The first-order chi connectivity index (χ1) is 19.5. The van der Waals surface area contributed by atoms with Crippen LogP contribution in [0.1, 0.15) is 77.7 Å². The summed E-state index contributed by atoms with van der Waals surface area (Å²) in [6, 6.07) is 8.65. The van der Waals surface area contributed by atoms with Crippen LogP contribution in [0.25, 0.3) is 0 Å². The van der Waals surface area contributed by atoms with Crippen molar-refractivity contribution in [2.45, 2.75) is 90.2 Å². The summed E-state index contributed by atoms with van der Waals surface area (Å²) in [5, 5.41) is 18.4. The molecule has 0 spiro atoms. The number of nitrogens with one attached hydrogen (secondary N) is 1. The zero-order valence-corrected chi connectivity index (χ0v) is 24.8. The van der Waals surface area contributed by atoms with Crippen molar-refractivity contribution < 1.29 is 29.1 Å². The molecule has 4 aliphatic carbocycles. The molecule has 0 radical (unpaired) electrons. The van der Waals surface area contributed by atoms with Gasteiger partial charge in [-0.05, 0) is 93.1 Å². The van der Waals surface area contributed by atoms with Crippen molar-refractivity contribution in [1.29, 1.82) is 0 Å². The molecule has 8 heteroatoms. The minimum absolute atomic E-state index is 0.0722. The molecule has 2 N–H and O–H groups in total. The molecule has 7 unspecified atom stereocenters. The van der Waals surface area contributed by atoms with Gasteiger partial charge in [0.2, 0.25) is 0 Å². The number of ketones is 1. The largest absolute Gasteiger partial charge is 0.467 e. The van der Waals surface area contributed by atoms with Crippen LogP contribution in [0.5, 0.6) is 0 Å². The average molecular weight is 565 g/mol. The van der Waals surface area contributed by atoms with E-state index in [1.54, 1.807) is 6.92 Å². The Morgan fingerprint density at radius 1 is 1.05 bits per heavy atom. The molecular weight excluding hydrogens is 520 g/mol. The molecule has 0 aliphatic heterocycles. The predicted molar refractivity (Wildman–Crippen MR) is 155 cm³/mol. The zero-order chi connectivity index (χ0) is 29.4. The van der Waals surface area contributed by atoms with Crippen LogP contribution in [-0.4, -0.2) is 53.8 Å². The number of benzene rings is 1. The van der Waals surface area contributed by atoms with E-state index >= 15 is 0 Å². The first-order valence-electron chi connectivity index (χ1n) is 15.1. The second-order valence-corrected chi connectivity index (χ2v) is 13.1. The van der Waals surface area contributed by atoms with Gasteiger partial charge >= 0.3 is 5.97 Å². The quantitative estimate of drug-likeness (QED) is 0.354. The first-order valence-corrected chi connectivity index (χ1v) is 15.1. The van der Waals surface area contributed by atoms with Gasteiger partial charge in [0.1, 0.15) is 11.6 Å². The molecule has 1 amide bonds. The van der Waals surface area contributed by atoms with Gasteiger partial charge in [-0.3, -0.25) is 9.59 Å². The summed E-state index contributed by atoms with van der Waals surface area (Å²) in [5.74, 6) is 0.409. The third-order valence-electron chi connectivity index (χ3n) is 11.2. The molecule has 41 heavy (non-hydrogen) atoms. The van der Waals surface area contributed by atoms with Crippen LogP contribution >= 0.6 is 0 Å². The second kappa shape index (κ2) is 11.3. The maximum atomic E-state index is 12.6. The maximum Gasteiger partial charge on any atom is 0.328 e. The summed E-state index contributed by atoms with van der Waals surface area (Å²) in [5.41, 5.74) is 1.71. The molecule has 1 aromatic carbocycles. The van der Waals surface area contributed by atoms with Gasteiger partial charge in [-0.2, -0.15) is 0 Å². The Morgan fingerprint density at radius 3 is 2.49 bits per heavy atom. The van der Waals surface area contributed by atoms with Crippen molar-refractivity contribution in [3.63, 3.8) is 0 Å². The standard InChI is InChI=1S/C33H44N2O6/c1-21(36)33(39)17-14-27-25-11-10-23-19-24(12-15-31(23,2)26(25)13-16-32(27,33)3)35-41-20-29(37)34-28(30(38)40-4)18-22-8-6-5-7-9-22/h5-9,19,25-28,39H,10-18,20H2,1-4H3,(H,34,37). The summed E-state index contributed by atoms with van der Waals surface area (Å²) in [7, 11) is 1.30. The van der Waals surface area contributed by atoms with Crippen molar-refractivity contribution in [2.24, 2.45) is 33.7 Å². The molecule has 5 rings (SSSR count). The van der Waals surface area contributed by atoms with E-state index < -0.39 is 23.5 Å². The average Bonchev–Trinajstić information content (AvgIpc) is 3.24. The Bertz CT molecular complexity index is 1240. The number of amides is 1. The Labute approximate surface area is 242 Å². The van der Waals surface area contributed by atoms with Crippen LogP contribution in [0.2, 0.25) is 0 Å². The molecular formula is C33H44N2O6. The Morgan fingerprint density at radius 2 is 1.78 bits per heavy atom. The molecule has 3 saturated carbocycles. The molecule has 3 fully saturated rings. The number of aliphatic hydroxyl groups is 1. The lowest BCUT2D eigenvalue weighted by Crippen LogP contribution is -2.57. The highest BCUT2D eigenvalue weighted by molar-refractivity contribution is 5.96. The lowest BCUT2D eigenvalue weighted by atomic mass is 9.46. The van der Waals surface area contributed by atoms with Crippen LogP contribution < -0.4 is 5.32 Å². The van der Waals surface area contributed by atoms with Crippen molar-refractivity contribution in [1.82, 2.24) is 5.32 Å². The van der Waals surface area contributed by atoms with Gasteiger partial charge in [-0.15, -0.1) is 0 Å². The fourth-order valence-corrected chi connectivity index (χ4v) is 8.83. The number of oxime groups is 1. The maximum absolute atomic E-state index is 12.6. The van der Waals surface area contributed by atoms with Gasteiger partial charge in [-0.25, -0.2) is 4.79 Å². The Balaban J connectivity index is 1.20. The molecule has 0 bridgehead atoms. The SMILES string of the molecule is COC(=O)C(Cc1ccccc1)NC(=O)CON=C1C=C2CCC3C(CCC4(C)C3CCC4(O)C(C)=O)C2(C)CC1. The number of nitrogens with zero attached hydrogens (tertiary/aromatic N) is 1. The van der Waals surface area contributed by atoms with E-state index in [-0.39, 0.29) is 23.2 Å². The van der Waals surface area contributed by atoms with E-state index in [4.69, 9.17) is 9.57 Å². The number of esters is 1. The first kappa shape index (κ1) is 29.5. The van der Waals surface area contributed by atoms with E-state index in [0.717, 1.165) is 56.2 Å². The predicted octanol–water partition coefficient (Wildman–Crippen LogP) is 4.54. The molecule has 8 nitrogen and oxygen atoms in total. The molecule has 222 valence electrons. The normalized spacial score (nSPS) is 35.8. The number of ether oxygens (including phenoxy) is 1. The van der Waals surface area contributed by atoms with Crippen LogP contribution in [0.15, 0.2) is 47.1 Å². The lowest BCUT2D eigenvalue weighted by molar-refractivity contribution is -0.159. The smallest absolute Gasteiger partial charge is 0.328 e. The summed E-state index contributed by atoms with van der Waals surface area (Å²) in [6.45, 7) is 5.81. The summed E-state index contributed by atoms with van der Waals surface area (Å²) in [6.07, 6.45) is 9.68. The summed E-state index contributed by atoms with van der Waals surface area (Å²) in [4.78, 5) is 42.8. The van der Waals surface area contributed by atoms with Gasteiger partial charge in [0.15, 0.2) is 12.4 Å². The number of hydrogen-bond acceptors (Lipinski definition) is 7. The van der Waals surface area contributed by atoms with Crippen LogP contribution in [0, 0.1) is 28.6 Å². The zero-order valence-electron chi connectivity index (χ0n) is 24.8. The van der Waals surface area contributed by atoms with E-state index in [1.165, 1.54) is 12.7 Å². The Kier molecular flexibility index (Phi) is 8.16. The van der Waals surface area contributed by atoms with Crippen molar-refractivity contribution in [3.05, 3.63) is 47.5 Å². The third-order valence-corrected chi connectivity index (χ3v) is 11.2. The topological polar surface area (TPSA) is 114 Å². The number of carbonyl (C=O) groups is 3. The number of hydrogen-bond donors (Lipinski definition) is 2. The molecule has 0 heterocycles. The third kappa shape index (κ3) is 5.24. The molecule has 0 aromatic heterocycles. The monoisotopic (exact) mass is 564 g/mol. The van der Waals surface area contributed by atoms with Crippen molar-refractivity contribution >= 4 is 23.4 Å². The van der Waals surface area contributed by atoms with E-state index in [1.807, 2.05) is 30.3 Å². The van der Waals surface area contributed by atoms with E-state index in [2.05, 4.69) is 30.4 Å². The lowest BCUT2D eigenvalue weighted by Gasteiger charge is -2.59. The van der Waals surface area contributed by atoms with Gasteiger partial charge in [0, 0.05) is 11.8 Å². The van der Waals surface area contributed by atoms with Crippen molar-refractivity contribution in [3.8, 4) is 0 Å². The van der Waals surface area contributed by atoms with Crippen LogP contribution in [-0.2, 0) is 30.4 Å². The number of methoxy groups -OCH3 is 1. The minimum atomic E-state index is -1.19. The fourth-order valence-electron chi connectivity index (χ4n) is 8.83. The number of allylic oxidation sites excluding steroid dienone is 2. The molecule has 1 aromatic rings. The van der Waals surface area contributed by atoms with Gasteiger partial charge in [0.05, 0.1) is 12.8 Å². The highest BCUT2D eigenvalue weighted by Crippen LogP contribution is 2.67. The van der Waals surface area contributed by atoms with Gasteiger partial charge in [0.25, 0.3) is 5.91 Å². The van der Waals surface area contributed by atoms with Gasteiger partial charge < -0.3 is 20.0 Å². The Hall–Kier alpha value is -3.00. The number of carbonyl (C=O) groups excluding carboxylic acids is 3. The molecule has 7 atom stereocenters. The second-order valence-electron chi connectivity index (χ2n) is 13.1. The van der Waals surface area contributed by atoms with E-state index in [9.17, 15) is 19.5 Å². The molecule has 0 saturated heterocycles. The fraction of sp³-hybridized carbons (Fsp3) is 0.636. The summed E-state index contributed by atoms with van der Waals surface area (Å²) >= 11 is 0. The van der Waals surface area contributed by atoms with Crippen LogP contribution in [0.3, 0.4) is 0 Å². The highest BCUT2D eigenvalue weighted by Gasteiger charge is 2.65. The number of rotatable bonds is 8. The number of Topliss-reactive ketones (excluding diaryl/α,β-unsaturated/α-hetero) is 1. The number of fused-ring (bicyclic) bond motifs is 5. The van der Waals surface area contributed by atoms with Gasteiger partial charge in [-0.1, -0.05) is 54.9 Å². The molecule has 4 aliphatic rings. The highest BCUT2D eigenvalue weighted by atomic mass is 16.6. The van der Waals surface area contributed by atoms with Crippen LogP contribution in [0.4, 0.5) is 0 Å². The summed E-state index contributed by atoms with van der Waals surface area (Å²) < 4.78 is 4.87. The minimum Gasteiger partial charge on any atom is -0.467 e. The van der Waals surface area contributed by atoms with Crippen molar-refractivity contribution in [2.75, 3.05) is 13.7 Å².